The van der Waals surface area contributed by atoms with Gasteiger partial charge in [-0.05, 0) is 37.9 Å². The maximum absolute atomic E-state index is 5.94. The van der Waals surface area contributed by atoms with E-state index in [4.69, 9.17) is 9.47 Å². The molecule has 1 atom stereocenters. The molecule has 1 aromatic rings. The van der Waals surface area contributed by atoms with Crippen molar-refractivity contribution in [3.05, 3.63) is 24.3 Å². The van der Waals surface area contributed by atoms with Crippen molar-refractivity contribution in [2.24, 2.45) is 5.92 Å². The van der Waals surface area contributed by atoms with Gasteiger partial charge < -0.3 is 14.8 Å². The van der Waals surface area contributed by atoms with Crippen molar-refractivity contribution in [2.75, 3.05) is 19.7 Å². The van der Waals surface area contributed by atoms with Crippen molar-refractivity contribution >= 4 is 0 Å². The number of ether oxygens (including phenoxy) is 2. The molecule has 0 heterocycles. The van der Waals surface area contributed by atoms with Gasteiger partial charge in [0, 0.05) is 6.54 Å². The van der Waals surface area contributed by atoms with Crippen LogP contribution in [0.15, 0.2) is 24.3 Å². The molecular weight excluding hydrogens is 238 g/mol. The predicted molar refractivity (Wildman–Crippen MR) is 80.0 cm³/mol. The van der Waals surface area contributed by atoms with Gasteiger partial charge in [0.1, 0.15) is 6.10 Å². The van der Waals surface area contributed by atoms with Crippen LogP contribution in [-0.2, 0) is 0 Å². The van der Waals surface area contributed by atoms with Crippen LogP contribution in [-0.4, -0.2) is 25.8 Å². The summed E-state index contributed by atoms with van der Waals surface area (Å²) in [5.74, 6) is 2.32. The van der Waals surface area contributed by atoms with Gasteiger partial charge in [-0.25, -0.2) is 0 Å². The van der Waals surface area contributed by atoms with E-state index in [1.54, 1.807) is 0 Å². The van der Waals surface area contributed by atoms with Crippen LogP contribution < -0.4 is 14.8 Å². The number of hydrogen-bond donors (Lipinski definition) is 1. The lowest BCUT2D eigenvalue weighted by atomic mass is 10.2. The summed E-state index contributed by atoms with van der Waals surface area (Å²) < 4.78 is 11.6. The van der Waals surface area contributed by atoms with Crippen LogP contribution >= 0.6 is 0 Å². The molecule has 0 spiro atoms. The minimum absolute atomic E-state index is 0.130. The normalized spacial score (nSPS) is 12.5. The third kappa shape index (κ3) is 6.48. The minimum Gasteiger partial charge on any atom is -0.490 e. The van der Waals surface area contributed by atoms with Crippen LogP contribution in [0.3, 0.4) is 0 Å². The van der Waals surface area contributed by atoms with Crippen LogP contribution in [0.2, 0.25) is 0 Å². The largest absolute Gasteiger partial charge is 0.490 e. The second-order valence-corrected chi connectivity index (χ2v) is 5.28. The Morgan fingerprint density at radius 1 is 1.05 bits per heavy atom. The maximum atomic E-state index is 5.94. The van der Waals surface area contributed by atoms with E-state index in [1.165, 1.54) is 0 Å². The Hall–Kier alpha value is -1.22. The second kappa shape index (κ2) is 8.81. The van der Waals surface area contributed by atoms with Crippen molar-refractivity contribution < 1.29 is 9.47 Å². The summed E-state index contributed by atoms with van der Waals surface area (Å²) in [5, 5.41) is 3.40. The molecule has 3 nitrogen and oxygen atoms in total. The summed E-state index contributed by atoms with van der Waals surface area (Å²) in [6.45, 7) is 11.2. The van der Waals surface area contributed by atoms with Crippen LogP contribution in [0.1, 0.15) is 34.1 Å². The van der Waals surface area contributed by atoms with Gasteiger partial charge in [-0.2, -0.15) is 0 Å². The van der Waals surface area contributed by atoms with Gasteiger partial charge >= 0.3 is 0 Å². The second-order valence-electron chi connectivity index (χ2n) is 5.28. The molecule has 0 aliphatic rings. The van der Waals surface area contributed by atoms with Crippen LogP contribution in [0.5, 0.6) is 11.5 Å². The first kappa shape index (κ1) is 15.8. The monoisotopic (exact) mass is 265 g/mol. The van der Waals surface area contributed by atoms with Gasteiger partial charge in [0.2, 0.25) is 0 Å². The highest BCUT2D eigenvalue weighted by Crippen LogP contribution is 2.27. The number of hydrogen-bond acceptors (Lipinski definition) is 3. The molecule has 0 saturated heterocycles. The summed E-state index contributed by atoms with van der Waals surface area (Å²) in [6, 6.07) is 7.87. The Morgan fingerprint density at radius 2 is 1.74 bits per heavy atom. The minimum atomic E-state index is 0.130. The van der Waals surface area contributed by atoms with Gasteiger partial charge in [0.25, 0.3) is 0 Å². The molecule has 0 radical (unpaired) electrons. The lowest BCUT2D eigenvalue weighted by molar-refractivity contribution is 0.200. The SMILES string of the molecule is CCCOc1ccccc1OC(C)CNCC(C)C. The van der Waals surface area contributed by atoms with Crippen molar-refractivity contribution in [2.45, 2.75) is 40.2 Å². The first-order valence-corrected chi connectivity index (χ1v) is 7.22. The fourth-order valence-corrected chi connectivity index (χ4v) is 1.71. The molecular formula is C16H27NO2. The van der Waals surface area contributed by atoms with Gasteiger partial charge in [-0.1, -0.05) is 32.9 Å². The smallest absolute Gasteiger partial charge is 0.161 e. The summed E-state index contributed by atoms with van der Waals surface area (Å²) >= 11 is 0. The fraction of sp³-hybridized carbons (Fsp3) is 0.625. The fourth-order valence-electron chi connectivity index (χ4n) is 1.71. The Labute approximate surface area is 117 Å². The number of para-hydroxylation sites is 2. The summed E-state index contributed by atoms with van der Waals surface area (Å²) in [6.07, 6.45) is 1.13. The quantitative estimate of drug-likeness (QED) is 0.741. The van der Waals surface area contributed by atoms with E-state index in [0.29, 0.717) is 5.92 Å². The first-order valence-electron chi connectivity index (χ1n) is 7.22. The van der Waals surface area contributed by atoms with Gasteiger partial charge in [0.05, 0.1) is 6.61 Å². The molecule has 0 saturated carbocycles. The van der Waals surface area contributed by atoms with Gasteiger partial charge in [-0.3, -0.25) is 0 Å². The van der Waals surface area contributed by atoms with Crippen LogP contribution in [0.4, 0.5) is 0 Å². The molecule has 0 bridgehead atoms. The Balaban J connectivity index is 2.46. The van der Waals surface area contributed by atoms with Crippen molar-refractivity contribution in [3.8, 4) is 11.5 Å². The lowest BCUT2D eigenvalue weighted by Gasteiger charge is -2.18. The standard InChI is InChI=1S/C16H27NO2/c1-5-10-18-15-8-6-7-9-16(15)19-14(4)12-17-11-13(2)3/h6-9,13-14,17H,5,10-12H2,1-4H3. The van der Waals surface area contributed by atoms with E-state index in [1.807, 2.05) is 24.3 Å². The molecule has 1 rings (SSSR count). The zero-order valence-corrected chi connectivity index (χ0v) is 12.6. The maximum Gasteiger partial charge on any atom is 0.161 e. The molecule has 0 aromatic heterocycles. The third-order valence-corrected chi connectivity index (χ3v) is 2.62. The summed E-state index contributed by atoms with van der Waals surface area (Å²) in [4.78, 5) is 0. The van der Waals surface area contributed by atoms with E-state index in [0.717, 1.165) is 37.6 Å². The predicted octanol–water partition coefficient (Wildman–Crippen LogP) is 3.49. The topological polar surface area (TPSA) is 30.5 Å². The van der Waals surface area contributed by atoms with Gasteiger partial charge in [-0.15, -0.1) is 0 Å². The summed E-state index contributed by atoms with van der Waals surface area (Å²) in [7, 11) is 0. The highest BCUT2D eigenvalue weighted by Gasteiger charge is 2.08. The number of benzene rings is 1. The Bertz CT molecular complexity index is 352. The molecule has 108 valence electrons. The highest BCUT2D eigenvalue weighted by molar-refractivity contribution is 5.39. The Kier molecular flexibility index (Phi) is 7.34. The lowest BCUT2D eigenvalue weighted by Crippen LogP contribution is -2.31. The van der Waals surface area contributed by atoms with E-state index in [-0.39, 0.29) is 6.10 Å². The number of rotatable bonds is 9. The van der Waals surface area contributed by atoms with Crippen molar-refractivity contribution in [3.63, 3.8) is 0 Å². The average molecular weight is 265 g/mol. The van der Waals surface area contributed by atoms with E-state index in [2.05, 4.69) is 33.0 Å². The molecule has 0 amide bonds. The zero-order chi connectivity index (χ0) is 14.1. The van der Waals surface area contributed by atoms with Crippen LogP contribution in [0, 0.1) is 5.92 Å². The van der Waals surface area contributed by atoms with Crippen molar-refractivity contribution in [1.29, 1.82) is 0 Å². The van der Waals surface area contributed by atoms with E-state index in [9.17, 15) is 0 Å². The van der Waals surface area contributed by atoms with Crippen LogP contribution in [0.25, 0.3) is 0 Å². The molecule has 1 N–H and O–H groups in total. The molecule has 3 heteroatoms. The molecule has 19 heavy (non-hydrogen) atoms. The average Bonchev–Trinajstić information content (AvgIpc) is 2.37. The van der Waals surface area contributed by atoms with E-state index < -0.39 is 0 Å². The summed E-state index contributed by atoms with van der Waals surface area (Å²) in [5.41, 5.74) is 0. The molecule has 1 aromatic carbocycles. The highest BCUT2D eigenvalue weighted by atomic mass is 16.5. The Morgan fingerprint density at radius 3 is 2.37 bits per heavy atom. The molecule has 0 aliphatic carbocycles. The first-order chi connectivity index (χ1) is 9.13. The third-order valence-electron chi connectivity index (χ3n) is 2.62. The van der Waals surface area contributed by atoms with E-state index >= 15 is 0 Å². The van der Waals surface area contributed by atoms with Gasteiger partial charge in [0.15, 0.2) is 11.5 Å². The van der Waals surface area contributed by atoms with Crippen molar-refractivity contribution in [1.82, 2.24) is 5.32 Å². The molecule has 0 fully saturated rings. The molecule has 1 unspecified atom stereocenters. The molecule has 0 aliphatic heterocycles. The zero-order valence-electron chi connectivity index (χ0n) is 12.6. The number of nitrogens with one attached hydrogen (secondary N) is 1.